The van der Waals surface area contributed by atoms with Crippen LogP contribution >= 0.6 is 15.9 Å². The highest BCUT2D eigenvalue weighted by Gasteiger charge is 2.26. The maximum absolute atomic E-state index is 13.0. The zero-order valence-electron chi connectivity index (χ0n) is 9.92. The van der Waals surface area contributed by atoms with E-state index >= 15 is 0 Å². The molecule has 0 radical (unpaired) electrons. The Kier molecular flexibility index (Phi) is 5.21. The van der Waals surface area contributed by atoms with Gasteiger partial charge >= 0.3 is 0 Å². The Hall–Kier alpha value is -1.02. The van der Waals surface area contributed by atoms with Gasteiger partial charge in [0, 0.05) is 6.54 Å². The monoisotopic (exact) mass is 324 g/mol. The van der Waals surface area contributed by atoms with Crippen LogP contribution in [0.25, 0.3) is 0 Å². The molecule has 102 valence electrons. The van der Waals surface area contributed by atoms with E-state index < -0.39 is 19.0 Å². The van der Waals surface area contributed by atoms with E-state index in [4.69, 9.17) is 5.73 Å². The number of anilines is 1. The van der Waals surface area contributed by atoms with Crippen molar-refractivity contribution in [3.8, 4) is 0 Å². The van der Waals surface area contributed by atoms with Crippen molar-refractivity contribution in [2.75, 3.05) is 18.4 Å². The fourth-order valence-corrected chi connectivity index (χ4v) is 1.70. The molecule has 0 aliphatic heterocycles. The number of hydrogen-bond acceptors (Lipinski definition) is 4. The van der Waals surface area contributed by atoms with Gasteiger partial charge in [0.15, 0.2) is 0 Å². The van der Waals surface area contributed by atoms with Crippen molar-refractivity contribution in [1.82, 2.24) is 9.78 Å². The van der Waals surface area contributed by atoms with Crippen LogP contribution in [0.3, 0.4) is 0 Å². The van der Waals surface area contributed by atoms with E-state index in [0.29, 0.717) is 6.54 Å². The van der Waals surface area contributed by atoms with Crippen LogP contribution in [0.15, 0.2) is 15.5 Å². The SMILES string of the molecule is CCCn1ncc(NCC(F)(F)CN)c(Br)c1=O. The predicted octanol–water partition coefficient (Wildman–Crippen LogP) is 1.42. The molecule has 1 aromatic heterocycles. The predicted molar refractivity (Wildman–Crippen MR) is 69.0 cm³/mol. The average molecular weight is 325 g/mol. The summed E-state index contributed by atoms with van der Waals surface area (Å²) in [7, 11) is 0. The zero-order chi connectivity index (χ0) is 13.8. The molecule has 0 amide bonds. The number of hydrogen-bond donors (Lipinski definition) is 2. The molecule has 3 N–H and O–H groups in total. The molecule has 0 aromatic carbocycles. The van der Waals surface area contributed by atoms with E-state index in [2.05, 4.69) is 26.3 Å². The van der Waals surface area contributed by atoms with Gasteiger partial charge in [0.2, 0.25) is 0 Å². The van der Waals surface area contributed by atoms with Gasteiger partial charge in [0.1, 0.15) is 4.47 Å². The fourth-order valence-electron chi connectivity index (χ4n) is 1.26. The van der Waals surface area contributed by atoms with Crippen molar-refractivity contribution in [2.24, 2.45) is 5.73 Å². The molecule has 5 nitrogen and oxygen atoms in total. The average Bonchev–Trinajstić information content (AvgIpc) is 2.34. The highest BCUT2D eigenvalue weighted by Crippen LogP contribution is 2.19. The highest BCUT2D eigenvalue weighted by atomic mass is 79.9. The number of nitrogens with two attached hydrogens (primary N) is 1. The fraction of sp³-hybridized carbons (Fsp3) is 0.600. The third kappa shape index (κ3) is 3.74. The van der Waals surface area contributed by atoms with Gasteiger partial charge in [-0.2, -0.15) is 5.10 Å². The van der Waals surface area contributed by atoms with Crippen molar-refractivity contribution < 1.29 is 8.78 Å². The molecule has 1 heterocycles. The Balaban J connectivity index is 2.86. The third-order valence-electron chi connectivity index (χ3n) is 2.26. The normalized spacial score (nSPS) is 11.6. The summed E-state index contributed by atoms with van der Waals surface area (Å²) in [4.78, 5) is 11.8. The van der Waals surface area contributed by atoms with Crippen molar-refractivity contribution >= 4 is 21.6 Å². The molecule has 0 saturated heterocycles. The van der Waals surface area contributed by atoms with E-state index in [1.165, 1.54) is 10.9 Å². The lowest BCUT2D eigenvalue weighted by Crippen LogP contribution is -2.36. The number of nitrogens with one attached hydrogen (secondary N) is 1. The lowest BCUT2D eigenvalue weighted by atomic mass is 10.3. The summed E-state index contributed by atoms with van der Waals surface area (Å²) in [5.74, 6) is -3.02. The maximum atomic E-state index is 13.0. The molecule has 0 saturated carbocycles. The Morgan fingerprint density at radius 1 is 1.61 bits per heavy atom. The smallest absolute Gasteiger partial charge is 0.283 e. The first kappa shape index (κ1) is 15.0. The van der Waals surface area contributed by atoms with Crippen LogP contribution in [0.1, 0.15) is 13.3 Å². The second kappa shape index (κ2) is 6.24. The van der Waals surface area contributed by atoms with Crippen molar-refractivity contribution in [3.05, 3.63) is 21.0 Å². The molecule has 0 aliphatic carbocycles. The van der Waals surface area contributed by atoms with E-state index in [-0.39, 0.29) is 15.7 Å². The first-order valence-corrected chi connectivity index (χ1v) is 6.28. The van der Waals surface area contributed by atoms with Gasteiger partial charge in [0.05, 0.1) is 25.0 Å². The number of halogens is 3. The van der Waals surface area contributed by atoms with Gasteiger partial charge in [-0.05, 0) is 22.4 Å². The van der Waals surface area contributed by atoms with Crippen molar-refractivity contribution in [3.63, 3.8) is 0 Å². The molecule has 0 bridgehead atoms. The number of aryl methyl sites for hydroxylation is 1. The number of aromatic nitrogens is 2. The van der Waals surface area contributed by atoms with Crippen LogP contribution in [0.4, 0.5) is 14.5 Å². The molecule has 1 aromatic rings. The molecular weight excluding hydrogens is 310 g/mol. The summed E-state index contributed by atoms with van der Waals surface area (Å²) in [6, 6.07) is 0. The van der Waals surface area contributed by atoms with Crippen LogP contribution in [-0.2, 0) is 6.54 Å². The second-order valence-corrected chi connectivity index (χ2v) is 4.61. The lowest BCUT2D eigenvalue weighted by molar-refractivity contribution is 0.0253. The van der Waals surface area contributed by atoms with Crippen LogP contribution < -0.4 is 16.6 Å². The summed E-state index contributed by atoms with van der Waals surface area (Å²) in [5.41, 5.74) is 4.81. The van der Waals surface area contributed by atoms with Crippen LogP contribution in [0.2, 0.25) is 0 Å². The van der Waals surface area contributed by atoms with Crippen molar-refractivity contribution in [2.45, 2.75) is 25.8 Å². The number of alkyl halides is 2. The molecule has 0 atom stereocenters. The zero-order valence-corrected chi connectivity index (χ0v) is 11.5. The Morgan fingerprint density at radius 3 is 2.83 bits per heavy atom. The number of rotatable bonds is 6. The van der Waals surface area contributed by atoms with E-state index in [9.17, 15) is 13.6 Å². The molecule has 0 spiro atoms. The van der Waals surface area contributed by atoms with E-state index in [0.717, 1.165) is 6.42 Å². The minimum Gasteiger partial charge on any atom is -0.377 e. The van der Waals surface area contributed by atoms with Gasteiger partial charge in [-0.3, -0.25) is 4.79 Å². The Morgan fingerprint density at radius 2 is 2.28 bits per heavy atom. The summed E-state index contributed by atoms with van der Waals surface area (Å²) < 4.78 is 27.4. The third-order valence-corrected chi connectivity index (χ3v) is 3.02. The largest absolute Gasteiger partial charge is 0.377 e. The number of nitrogens with zero attached hydrogens (tertiary/aromatic N) is 2. The minimum absolute atomic E-state index is 0.193. The topological polar surface area (TPSA) is 72.9 Å². The molecule has 1 rings (SSSR count). The minimum atomic E-state index is -3.02. The van der Waals surface area contributed by atoms with E-state index in [1.54, 1.807) is 0 Å². The highest BCUT2D eigenvalue weighted by molar-refractivity contribution is 9.10. The Bertz CT molecular complexity index is 464. The van der Waals surface area contributed by atoms with Crippen LogP contribution in [-0.4, -0.2) is 28.8 Å². The maximum Gasteiger partial charge on any atom is 0.283 e. The summed E-state index contributed by atoms with van der Waals surface area (Å²) in [6.07, 6.45) is 2.10. The van der Waals surface area contributed by atoms with Gasteiger partial charge in [0.25, 0.3) is 11.5 Å². The molecule has 0 fully saturated rings. The summed E-state index contributed by atoms with van der Waals surface area (Å²) in [6.45, 7) is 1.01. The van der Waals surface area contributed by atoms with Crippen LogP contribution in [0, 0.1) is 0 Å². The standard InChI is InChI=1S/C10H15BrF2N4O/c1-2-3-17-9(18)8(11)7(4-16-17)15-6-10(12,13)5-14/h4,15H,2-3,5-6,14H2,1H3. The molecule has 18 heavy (non-hydrogen) atoms. The lowest BCUT2D eigenvalue weighted by Gasteiger charge is -2.16. The quantitative estimate of drug-likeness (QED) is 0.830. The summed E-state index contributed by atoms with van der Waals surface area (Å²) >= 11 is 3.08. The van der Waals surface area contributed by atoms with Gasteiger partial charge < -0.3 is 11.1 Å². The van der Waals surface area contributed by atoms with Gasteiger partial charge in [-0.25, -0.2) is 13.5 Å². The molecule has 0 aliphatic rings. The molecular formula is C10H15BrF2N4O. The van der Waals surface area contributed by atoms with Crippen molar-refractivity contribution in [1.29, 1.82) is 0 Å². The second-order valence-electron chi connectivity index (χ2n) is 3.81. The first-order valence-electron chi connectivity index (χ1n) is 5.48. The summed E-state index contributed by atoms with van der Waals surface area (Å²) in [5, 5.41) is 6.35. The van der Waals surface area contributed by atoms with Gasteiger partial charge in [-0.15, -0.1) is 0 Å². The van der Waals surface area contributed by atoms with Gasteiger partial charge in [-0.1, -0.05) is 6.92 Å². The molecule has 0 unspecified atom stereocenters. The molecule has 8 heteroatoms. The van der Waals surface area contributed by atoms with E-state index in [1.807, 2.05) is 6.92 Å². The Labute approximate surface area is 111 Å². The van der Waals surface area contributed by atoms with Crippen LogP contribution in [0.5, 0.6) is 0 Å². The first-order chi connectivity index (χ1) is 8.41.